The predicted molar refractivity (Wildman–Crippen MR) is 94.3 cm³/mol. The fourth-order valence-electron chi connectivity index (χ4n) is 3.65. The molecule has 0 unspecified atom stereocenters. The van der Waals surface area contributed by atoms with E-state index >= 15 is 0 Å². The van der Waals surface area contributed by atoms with Crippen molar-refractivity contribution in [1.29, 1.82) is 0 Å². The molecule has 1 aromatic carbocycles. The molecule has 0 bridgehead atoms. The van der Waals surface area contributed by atoms with Crippen molar-refractivity contribution in [3.63, 3.8) is 0 Å². The van der Waals surface area contributed by atoms with E-state index in [1.807, 2.05) is 0 Å². The molecule has 1 aliphatic carbocycles. The van der Waals surface area contributed by atoms with Crippen LogP contribution in [0.2, 0.25) is 0 Å². The molecule has 5 heteroatoms. The molecule has 5 nitrogen and oxygen atoms in total. The normalized spacial score (nSPS) is 24.9. The van der Waals surface area contributed by atoms with Gasteiger partial charge in [0.15, 0.2) is 0 Å². The van der Waals surface area contributed by atoms with Gasteiger partial charge < -0.3 is 10.2 Å². The summed E-state index contributed by atoms with van der Waals surface area (Å²) >= 11 is 0. The van der Waals surface area contributed by atoms with Crippen LogP contribution in [0.4, 0.5) is 11.4 Å². The van der Waals surface area contributed by atoms with Crippen molar-refractivity contribution < 1.29 is 4.79 Å². The molecule has 1 aliphatic heterocycles. The second-order valence-corrected chi connectivity index (χ2v) is 7.19. The Balaban J connectivity index is 1.56. The van der Waals surface area contributed by atoms with Crippen LogP contribution < -0.4 is 21.5 Å². The van der Waals surface area contributed by atoms with E-state index in [0.717, 1.165) is 37.5 Å². The highest BCUT2D eigenvalue weighted by Crippen LogP contribution is 2.32. The zero-order valence-electron chi connectivity index (χ0n) is 14.1. The molecule has 1 saturated heterocycles. The summed E-state index contributed by atoms with van der Waals surface area (Å²) in [7, 11) is 0. The summed E-state index contributed by atoms with van der Waals surface area (Å²) in [5.41, 5.74) is 6.06. The fourth-order valence-corrected chi connectivity index (χ4v) is 3.65. The summed E-state index contributed by atoms with van der Waals surface area (Å²) < 4.78 is 0. The van der Waals surface area contributed by atoms with Crippen LogP contribution in [0.1, 0.15) is 38.2 Å². The lowest BCUT2D eigenvalue weighted by Crippen LogP contribution is -2.46. The molecule has 23 heavy (non-hydrogen) atoms. The fraction of sp³-hybridized carbons (Fsp3) is 0.611. The van der Waals surface area contributed by atoms with Crippen LogP contribution in [-0.4, -0.2) is 25.0 Å². The van der Waals surface area contributed by atoms with Crippen molar-refractivity contribution in [2.24, 2.45) is 17.7 Å². The maximum atomic E-state index is 11.4. The third-order valence-electron chi connectivity index (χ3n) is 5.34. The molecular formula is C18H28N4O. The van der Waals surface area contributed by atoms with Crippen LogP contribution in [0.5, 0.6) is 0 Å². The maximum absolute atomic E-state index is 11.4. The predicted octanol–water partition coefficient (Wildman–Crippen LogP) is 2.41. The minimum absolute atomic E-state index is 0.0473. The average Bonchev–Trinajstić information content (AvgIpc) is 2.51. The van der Waals surface area contributed by atoms with Gasteiger partial charge in [-0.05, 0) is 62.3 Å². The largest absolute Gasteiger partial charge is 0.382 e. The first kappa shape index (κ1) is 16.1. The lowest BCUT2D eigenvalue weighted by molar-refractivity contribution is -0.127. The van der Waals surface area contributed by atoms with E-state index in [0.29, 0.717) is 6.04 Å². The Morgan fingerprint density at radius 3 is 2.57 bits per heavy atom. The summed E-state index contributed by atoms with van der Waals surface area (Å²) in [6, 6.07) is 7.00. The Morgan fingerprint density at radius 2 is 1.96 bits per heavy atom. The van der Waals surface area contributed by atoms with Crippen molar-refractivity contribution in [2.45, 2.75) is 45.6 Å². The first-order chi connectivity index (χ1) is 11.1. The number of nitrogens with zero attached hydrogens (tertiary/aromatic N) is 1. The third kappa shape index (κ3) is 3.61. The number of nitrogens with two attached hydrogens (primary N) is 1. The molecule has 0 atom stereocenters. The highest BCUT2D eigenvalue weighted by atomic mass is 16.2. The highest BCUT2D eigenvalue weighted by molar-refractivity contribution is 5.79. The number of carbonyl (C=O) groups excluding carboxylic acids is 1. The van der Waals surface area contributed by atoms with Crippen molar-refractivity contribution in [3.8, 4) is 0 Å². The first-order valence-corrected chi connectivity index (χ1v) is 8.69. The van der Waals surface area contributed by atoms with E-state index in [-0.39, 0.29) is 11.8 Å². The number of hydrazine groups is 1. The number of amides is 1. The Hall–Kier alpha value is -1.75. The zero-order chi connectivity index (χ0) is 16.4. The summed E-state index contributed by atoms with van der Waals surface area (Å²) in [6.45, 7) is 6.85. The quantitative estimate of drug-likeness (QED) is 0.453. The summed E-state index contributed by atoms with van der Waals surface area (Å²) in [4.78, 5) is 13.9. The number of nitrogens with one attached hydrogen (secondary N) is 2. The van der Waals surface area contributed by atoms with Gasteiger partial charge in [-0.25, -0.2) is 5.84 Å². The van der Waals surface area contributed by atoms with Crippen molar-refractivity contribution in [3.05, 3.63) is 23.8 Å². The number of hydrogen-bond donors (Lipinski definition) is 3. The standard InChI is InChI=1S/C18H28N4O/c1-12-5-7-22(8-6-12)17-4-3-15(9-13(17)2)20-16-10-14(11-16)18(23)21-19/h3-4,9,12,14,16,20H,5-8,10-11,19H2,1-2H3,(H,21,23). The summed E-state index contributed by atoms with van der Waals surface area (Å²) in [6.07, 6.45) is 4.28. The van der Waals surface area contributed by atoms with Gasteiger partial charge in [0.1, 0.15) is 0 Å². The molecule has 0 aromatic heterocycles. The molecule has 1 heterocycles. The number of carbonyl (C=O) groups is 1. The molecule has 1 aromatic rings. The van der Waals surface area contributed by atoms with Gasteiger partial charge in [0.25, 0.3) is 0 Å². The van der Waals surface area contributed by atoms with Crippen molar-refractivity contribution in [2.75, 3.05) is 23.3 Å². The molecule has 4 N–H and O–H groups in total. The van der Waals surface area contributed by atoms with Gasteiger partial charge in [0.2, 0.25) is 5.91 Å². The second-order valence-electron chi connectivity index (χ2n) is 7.19. The van der Waals surface area contributed by atoms with E-state index in [2.05, 4.69) is 47.7 Å². The molecule has 1 amide bonds. The second kappa shape index (κ2) is 6.79. The number of rotatable bonds is 4. The Bertz CT molecular complexity index is 560. The van der Waals surface area contributed by atoms with E-state index in [4.69, 9.17) is 5.84 Å². The van der Waals surface area contributed by atoms with Gasteiger partial charge in [-0.1, -0.05) is 6.92 Å². The smallest absolute Gasteiger partial charge is 0.237 e. The van der Waals surface area contributed by atoms with E-state index < -0.39 is 0 Å². The molecule has 3 rings (SSSR count). The monoisotopic (exact) mass is 316 g/mol. The van der Waals surface area contributed by atoms with E-state index in [1.54, 1.807) is 0 Å². The van der Waals surface area contributed by atoms with E-state index in [9.17, 15) is 4.79 Å². The first-order valence-electron chi connectivity index (χ1n) is 8.69. The number of hydrogen-bond acceptors (Lipinski definition) is 4. The van der Waals surface area contributed by atoms with Gasteiger partial charge >= 0.3 is 0 Å². The van der Waals surface area contributed by atoms with Crippen molar-refractivity contribution in [1.82, 2.24) is 5.43 Å². The van der Waals surface area contributed by atoms with Crippen LogP contribution >= 0.6 is 0 Å². The molecule has 1 saturated carbocycles. The molecule has 2 aliphatic rings. The number of benzene rings is 1. The lowest BCUT2D eigenvalue weighted by atomic mass is 9.79. The Morgan fingerprint density at radius 1 is 1.26 bits per heavy atom. The molecule has 2 fully saturated rings. The SMILES string of the molecule is Cc1cc(NC2CC(C(=O)NN)C2)ccc1N1CCC(C)CC1. The van der Waals surface area contributed by atoms with Gasteiger partial charge in [-0.15, -0.1) is 0 Å². The van der Waals surface area contributed by atoms with Crippen LogP contribution in [0.15, 0.2) is 18.2 Å². The molecular weight excluding hydrogens is 288 g/mol. The van der Waals surface area contributed by atoms with Crippen LogP contribution in [0.3, 0.4) is 0 Å². The lowest BCUT2D eigenvalue weighted by Gasteiger charge is -2.36. The minimum Gasteiger partial charge on any atom is -0.382 e. The number of aryl methyl sites for hydroxylation is 1. The third-order valence-corrected chi connectivity index (χ3v) is 5.34. The van der Waals surface area contributed by atoms with Crippen LogP contribution in [-0.2, 0) is 4.79 Å². The van der Waals surface area contributed by atoms with E-state index in [1.165, 1.54) is 24.1 Å². The maximum Gasteiger partial charge on any atom is 0.237 e. The number of anilines is 2. The van der Waals surface area contributed by atoms with Gasteiger partial charge in [-0.3, -0.25) is 10.2 Å². The summed E-state index contributed by atoms with van der Waals surface area (Å²) in [5.74, 6) is 6.04. The highest BCUT2D eigenvalue weighted by Gasteiger charge is 2.34. The molecule has 0 spiro atoms. The summed E-state index contributed by atoms with van der Waals surface area (Å²) in [5, 5.41) is 3.53. The average molecular weight is 316 g/mol. The minimum atomic E-state index is -0.0473. The van der Waals surface area contributed by atoms with Crippen LogP contribution in [0, 0.1) is 18.8 Å². The number of piperidine rings is 1. The molecule has 126 valence electrons. The van der Waals surface area contributed by atoms with Gasteiger partial charge in [-0.2, -0.15) is 0 Å². The van der Waals surface area contributed by atoms with Crippen LogP contribution in [0.25, 0.3) is 0 Å². The van der Waals surface area contributed by atoms with Gasteiger partial charge in [0.05, 0.1) is 0 Å². The van der Waals surface area contributed by atoms with Crippen molar-refractivity contribution >= 4 is 17.3 Å². The topological polar surface area (TPSA) is 70.4 Å². The molecule has 0 radical (unpaired) electrons. The zero-order valence-corrected chi connectivity index (χ0v) is 14.1. The Labute approximate surface area is 138 Å². The van der Waals surface area contributed by atoms with Gasteiger partial charge in [0, 0.05) is 36.4 Å². The Kier molecular flexibility index (Phi) is 4.76.